The van der Waals surface area contributed by atoms with Crippen LogP contribution in [0.1, 0.15) is 33.6 Å². The van der Waals surface area contributed by atoms with Gasteiger partial charge in [0.15, 0.2) is 0 Å². The van der Waals surface area contributed by atoms with Crippen molar-refractivity contribution in [3.63, 3.8) is 0 Å². The summed E-state index contributed by atoms with van der Waals surface area (Å²) in [4.78, 5) is 2.71. The fourth-order valence-corrected chi connectivity index (χ4v) is 2.87. The van der Waals surface area contributed by atoms with Crippen molar-refractivity contribution in [3.8, 4) is 0 Å². The molecular formula is C10H20N2. The second-order valence-electron chi connectivity index (χ2n) is 5.12. The zero-order valence-electron chi connectivity index (χ0n) is 8.43. The molecule has 2 aliphatic heterocycles. The lowest BCUT2D eigenvalue weighted by molar-refractivity contribution is 0.0539. The molecule has 2 aliphatic rings. The molecule has 0 amide bonds. The van der Waals surface area contributed by atoms with Crippen LogP contribution < -0.4 is 5.32 Å². The highest BCUT2D eigenvalue weighted by atomic mass is 15.3. The van der Waals surface area contributed by atoms with Gasteiger partial charge in [0.05, 0.1) is 0 Å². The molecule has 0 saturated carbocycles. The Kier molecular flexibility index (Phi) is 1.92. The third kappa shape index (κ3) is 1.27. The maximum atomic E-state index is 3.51. The van der Waals surface area contributed by atoms with E-state index in [1.165, 1.54) is 25.9 Å². The van der Waals surface area contributed by atoms with Gasteiger partial charge in [-0.2, -0.15) is 0 Å². The fourth-order valence-electron chi connectivity index (χ4n) is 2.87. The predicted octanol–water partition coefficient (Wildman–Crippen LogP) is 1.22. The van der Waals surface area contributed by atoms with Gasteiger partial charge in [-0.25, -0.2) is 0 Å². The van der Waals surface area contributed by atoms with Crippen molar-refractivity contribution < 1.29 is 0 Å². The summed E-state index contributed by atoms with van der Waals surface area (Å²) >= 11 is 0. The van der Waals surface area contributed by atoms with Crippen LogP contribution in [0.2, 0.25) is 0 Å². The molecule has 2 atom stereocenters. The molecule has 2 saturated heterocycles. The van der Waals surface area contributed by atoms with Crippen LogP contribution in [0.5, 0.6) is 0 Å². The molecule has 2 rings (SSSR count). The summed E-state index contributed by atoms with van der Waals surface area (Å²) in [5, 5.41) is 3.51. The second-order valence-corrected chi connectivity index (χ2v) is 5.12. The third-order valence-electron chi connectivity index (χ3n) is 3.15. The first-order valence-corrected chi connectivity index (χ1v) is 5.08. The smallest absolute Gasteiger partial charge is 0.0229 e. The van der Waals surface area contributed by atoms with Crippen molar-refractivity contribution >= 4 is 0 Å². The molecule has 0 spiro atoms. The monoisotopic (exact) mass is 168 g/mol. The lowest BCUT2D eigenvalue weighted by atomic mass is 10.0. The molecular weight excluding hydrogens is 148 g/mol. The van der Waals surface area contributed by atoms with E-state index in [1.807, 2.05) is 0 Å². The maximum absolute atomic E-state index is 3.51. The summed E-state index contributed by atoms with van der Waals surface area (Å²) in [5.41, 5.74) is 0.369. The Labute approximate surface area is 75.3 Å². The van der Waals surface area contributed by atoms with Crippen LogP contribution in [0.4, 0.5) is 0 Å². The van der Waals surface area contributed by atoms with Crippen LogP contribution in [0.3, 0.4) is 0 Å². The number of nitrogens with one attached hydrogen (secondary N) is 1. The van der Waals surface area contributed by atoms with Crippen molar-refractivity contribution in [1.82, 2.24) is 10.2 Å². The lowest BCUT2D eigenvalue weighted by Crippen LogP contribution is -2.58. The van der Waals surface area contributed by atoms with Crippen LogP contribution in [0.15, 0.2) is 0 Å². The topological polar surface area (TPSA) is 15.3 Å². The van der Waals surface area contributed by atoms with Gasteiger partial charge in [0.25, 0.3) is 0 Å². The van der Waals surface area contributed by atoms with Gasteiger partial charge in [0.1, 0.15) is 0 Å². The molecule has 2 nitrogen and oxygen atoms in total. The standard InChI is InChI=1S/C10H20N2/c1-10(2,3)12-8-4-5-9(12)7-11-6-8/h8-9,11H,4-7H2,1-3H3. The zero-order chi connectivity index (χ0) is 8.77. The molecule has 0 aromatic carbocycles. The minimum Gasteiger partial charge on any atom is -0.314 e. The summed E-state index contributed by atoms with van der Waals surface area (Å²) in [5.74, 6) is 0. The minimum absolute atomic E-state index is 0.369. The molecule has 0 radical (unpaired) electrons. The van der Waals surface area contributed by atoms with Crippen LogP contribution in [0, 0.1) is 0 Å². The lowest BCUT2D eigenvalue weighted by Gasteiger charge is -2.44. The number of rotatable bonds is 0. The van der Waals surface area contributed by atoms with E-state index in [1.54, 1.807) is 0 Å². The van der Waals surface area contributed by atoms with E-state index in [2.05, 4.69) is 31.0 Å². The van der Waals surface area contributed by atoms with Gasteiger partial charge >= 0.3 is 0 Å². The highest BCUT2D eigenvalue weighted by molar-refractivity contribution is 4.99. The number of hydrogen-bond acceptors (Lipinski definition) is 2. The highest BCUT2D eigenvalue weighted by Crippen LogP contribution is 2.33. The average molecular weight is 168 g/mol. The third-order valence-corrected chi connectivity index (χ3v) is 3.15. The first-order chi connectivity index (χ1) is 5.59. The largest absolute Gasteiger partial charge is 0.314 e. The van der Waals surface area contributed by atoms with E-state index in [0.29, 0.717) is 5.54 Å². The maximum Gasteiger partial charge on any atom is 0.0229 e. The van der Waals surface area contributed by atoms with Crippen molar-refractivity contribution in [1.29, 1.82) is 0 Å². The SMILES string of the molecule is CC(C)(C)N1C2CCC1CNC2. The molecule has 2 fully saturated rings. The van der Waals surface area contributed by atoms with Crippen LogP contribution >= 0.6 is 0 Å². The molecule has 2 heterocycles. The fraction of sp³-hybridized carbons (Fsp3) is 1.00. The molecule has 2 unspecified atom stereocenters. The van der Waals surface area contributed by atoms with Crippen LogP contribution in [-0.4, -0.2) is 35.6 Å². The molecule has 2 heteroatoms. The predicted molar refractivity (Wildman–Crippen MR) is 51.3 cm³/mol. The quantitative estimate of drug-likeness (QED) is 0.585. The Morgan fingerprint density at radius 1 is 1.08 bits per heavy atom. The molecule has 2 bridgehead atoms. The van der Waals surface area contributed by atoms with E-state index in [4.69, 9.17) is 0 Å². The first-order valence-electron chi connectivity index (χ1n) is 5.08. The van der Waals surface area contributed by atoms with Crippen molar-refractivity contribution in [2.24, 2.45) is 0 Å². The molecule has 0 aliphatic carbocycles. The Balaban J connectivity index is 2.15. The molecule has 0 aromatic rings. The normalized spacial score (nSPS) is 37.2. The molecule has 1 N–H and O–H groups in total. The summed E-state index contributed by atoms with van der Waals surface area (Å²) < 4.78 is 0. The second kappa shape index (κ2) is 2.71. The zero-order valence-corrected chi connectivity index (χ0v) is 8.43. The van der Waals surface area contributed by atoms with E-state index in [-0.39, 0.29) is 0 Å². The van der Waals surface area contributed by atoms with E-state index in [9.17, 15) is 0 Å². The Bertz CT molecular complexity index is 155. The first kappa shape index (κ1) is 8.52. The van der Waals surface area contributed by atoms with Gasteiger partial charge in [-0.15, -0.1) is 0 Å². The van der Waals surface area contributed by atoms with E-state index >= 15 is 0 Å². The van der Waals surface area contributed by atoms with Crippen molar-refractivity contribution in [2.75, 3.05) is 13.1 Å². The van der Waals surface area contributed by atoms with Crippen molar-refractivity contribution in [3.05, 3.63) is 0 Å². The number of piperazine rings is 1. The molecule has 12 heavy (non-hydrogen) atoms. The summed E-state index contributed by atoms with van der Waals surface area (Å²) in [6, 6.07) is 1.62. The molecule has 70 valence electrons. The summed E-state index contributed by atoms with van der Waals surface area (Å²) in [6.07, 6.45) is 2.80. The van der Waals surface area contributed by atoms with Crippen molar-refractivity contribution in [2.45, 2.75) is 51.2 Å². The van der Waals surface area contributed by atoms with Gasteiger partial charge in [-0.05, 0) is 33.6 Å². The van der Waals surface area contributed by atoms with Gasteiger partial charge in [-0.1, -0.05) is 0 Å². The van der Waals surface area contributed by atoms with Crippen LogP contribution in [-0.2, 0) is 0 Å². The average Bonchev–Trinajstić information content (AvgIpc) is 2.23. The minimum atomic E-state index is 0.369. The summed E-state index contributed by atoms with van der Waals surface area (Å²) in [7, 11) is 0. The van der Waals surface area contributed by atoms with E-state index < -0.39 is 0 Å². The van der Waals surface area contributed by atoms with Gasteiger partial charge in [0.2, 0.25) is 0 Å². The number of nitrogens with zero attached hydrogens (tertiary/aromatic N) is 1. The Morgan fingerprint density at radius 3 is 1.92 bits per heavy atom. The van der Waals surface area contributed by atoms with Gasteiger partial charge < -0.3 is 5.32 Å². The Morgan fingerprint density at radius 2 is 1.58 bits per heavy atom. The summed E-state index contributed by atoms with van der Waals surface area (Å²) in [6.45, 7) is 9.42. The van der Waals surface area contributed by atoms with Gasteiger partial charge in [-0.3, -0.25) is 4.90 Å². The Hall–Kier alpha value is -0.0800. The number of hydrogen-bond donors (Lipinski definition) is 1. The number of fused-ring (bicyclic) bond motifs is 2. The van der Waals surface area contributed by atoms with Crippen LogP contribution in [0.25, 0.3) is 0 Å². The highest BCUT2D eigenvalue weighted by Gasteiger charge is 2.41. The van der Waals surface area contributed by atoms with Gasteiger partial charge in [0, 0.05) is 30.7 Å². The van der Waals surface area contributed by atoms with E-state index in [0.717, 1.165) is 12.1 Å². The molecule has 0 aromatic heterocycles.